The van der Waals surface area contributed by atoms with Crippen molar-refractivity contribution in [3.8, 4) is 0 Å². The van der Waals surface area contributed by atoms with E-state index in [0.29, 0.717) is 29.7 Å². The second-order valence-electron chi connectivity index (χ2n) is 7.50. The van der Waals surface area contributed by atoms with Crippen LogP contribution in [0.15, 0.2) is 71.7 Å². The summed E-state index contributed by atoms with van der Waals surface area (Å²) < 4.78 is 7.26. The van der Waals surface area contributed by atoms with Crippen LogP contribution < -0.4 is 15.6 Å². The van der Waals surface area contributed by atoms with Gasteiger partial charge in [0.2, 0.25) is 5.91 Å². The van der Waals surface area contributed by atoms with E-state index in [-0.39, 0.29) is 17.9 Å². The third-order valence-electron chi connectivity index (χ3n) is 5.55. The van der Waals surface area contributed by atoms with E-state index in [4.69, 9.17) is 4.74 Å². The Balaban J connectivity index is 1.41. The van der Waals surface area contributed by atoms with Gasteiger partial charge in [-0.25, -0.2) is 4.98 Å². The molecular formula is C24H22N4O3. The number of para-hydroxylation sites is 2. The maximum absolute atomic E-state index is 12.9. The summed E-state index contributed by atoms with van der Waals surface area (Å²) in [6.07, 6.45) is 1.67. The molecule has 31 heavy (non-hydrogen) atoms. The average Bonchev–Trinajstić information content (AvgIpc) is 2.83. The van der Waals surface area contributed by atoms with Gasteiger partial charge in [0.15, 0.2) is 5.43 Å². The van der Waals surface area contributed by atoms with Crippen LogP contribution >= 0.6 is 0 Å². The third-order valence-corrected chi connectivity index (χ3v) is 5.55. The summed E-state index contributed by atoms with van der Waals surface area (Å²) in [5.41, 5.74) is 2.09. The van der Waals surface area contributed by atoms with Crippen molar-refractivity contribution >= 4 is 39.2 Å². The second-order valence-corrected chi connectivity index (χ2v) is 7.50. The molecule has 4 aromatic rings. The summed E-state index contributed by atoms with van der Waals surface area (Å²) in [7, 11) is 0. The Morgan fingerprint density at radius 1 is 0.935 bits per heavy atom. The van der Waals surface area contributed by atoms with E-state index in [9.17, 15) is 9.59 Å². The zero-order valence-corrected chi connectivity index (χ0v) is 17.0. The Morgan fingerprint density at radius 2 is 1.58 bits per heavy atom. The number of hydrogen-bond donors (Lipinski definition) is 1. The predicted molar refractivity (Wildman–Crippen MR) is 122 cm³/mol. The van der Waals surface area contributed by atoms with Gasteiger partial charge in [-0.2, -0.15) is 0 Å². The van der Waals surface area contributed by atoms with E-state index in [1.54, 1.807) is 18.3 Å². The molecule has 0 atom stereocenters. The summed E-state index contributed by atoms with van der Waals surface area (Å²) in [6, 6.07) is 18.5. The molecule has 0 unspecified atom stereocenters. The summed E-state index contributed by atoms with van der Waals surface area (Å²) in [4.78, 5) is 32.4. The smallest absolute Gasteiger partial charge is 0.244 e. The van der Waals surface area contributed by atoms with Crippen molar-refractivity contribution in [2.24, 2.45) is 0 Å². The molecular weight excluding hydrogens is 392 g/mol. The number of rotatable bonds is 4. The second kappa shape index (κ2) is 8.20. The third kappa shape index (κ3) is 3.75. The molecule has 0 aliphatic carbocycles. The molecule has 156 valence electrons. The first kappa shape index (κ1) is 19.3. The van der Waals surface area contributed by atoms with E-state index >= 15 is 0 Å². The van der Waals surface area contributed by atoms with Gasteiger partial charge in [-0.15, -0.1) is 0 Å². The fourth-order valence-corrected chi connectivity index (χ4v) is 4.03. The van der Waals surface area contributed by atoms with E-state index in [2.05, 4.69) is 15.2 Å². The van der Waals surface area contributed by atoms with E-state index in [1.807, 2.05) is 53.1 Å². The monoisotopic (exact) mass is 414 g/mol. The maximum Gasteiger partial charge on any atom is 0.244 e. The first-order valence-electron chi connectivity index (χ1n) is 10.3. The van der Waals surface area contributed by atoms with Crippen molar-refractivity contribution in [3.63, 3.8) is 0 Å². The molecule has 5 rings (SSSR count). The van der Waals surface area contributed by atoms with Crippen molar-refractivity contribution in [2.75, 3.05) is 36.5 Å². The number of aromatic nitrogens is 2. The highest BCUT2D eigenvalue weighted by Gasteiger charge is 2.14. The van der Waals surface area contributed by atoms with Crippen LogP contribution in [0.5, 0.6) is 0 Å². The molecule has 1 aliphatic heterocycles. The van der Waals surface area contributed by atoms with E-state index in [0.717, 1.165) is 29.9 Å². The standard InChI is InChI=1S/C24H22N4O3/c29-23(26-17-9-10-22(25-15-17)27-11-13-31-14-12-27)16-28-20-7-3-1-5-18(20)24(30)19-6-2-4-8-21(19)28/h1-10,15H,11-14,16H2,(H,26,29). The Kier molecular flexibility index (Phi) is 5.09. The number of pyridine rings is 2. The number of nitrogens with zero attached hydrogens (tertiary/aromatic N) is 3. The quantitative estimate of drug-likeness (QED) is 0.520. The zero-order chi connectivity index (χ0) is 21.2. The number of anilines is 2. The van der Waals surface area contributed by atoms with Crippen LogP contribution in [0, 0.1) is 0 Å². The van der Waals surface area contributed by atoms with Gasteiger partial charge in [-0.3, -0.25) is 9.59 Å². The molecule has 1 amide bonds. The van der Waals surface area contributed by atoms with Crippen LogP contribution in [0.2, 0.25) is 0 Å². The van der Waals surface area contributed by atoms with Crippen molar-refractivity contribution in [2.45, 2.75) is 6.54 Å². The molecule has 1 aliphatic rings. The Bertz CT molecular complexity index is 1250. The normalized spacial score (nSPS) is 14.1. The number of benzene rings is 2. The first-order chi connectivity index (χ1) is 15.2. The highest BCUT2D eigenvalue weighted by molar-refractivity contribution is 5.97. The highest BCUT2D eigenvalue weighted by Crippen LogP contribution is 2.20. The number of ether oxygens (including phenoxy) is 1. The summed E-state index contributed by atoms with van der Waals surface area (Å²) in [6.45, 7) is 3.10. The van der Waals surface area contributed by atoms with Crippen molar-refractivity contribution in [1.82, 2.24) is 9.55 Å². The minimum atomic E-state index is -0.181. The summed E-state index contributed by atoms with van der Waals surface area (Å²) in [5, 5.41) is 4.13. The van der Waals surface area contributed by atoms with Gasteiger partial charge >= 0.3 is 0 Å². The van der Waals surface area contributed by atoms with Crippen LogP contribution in [-0.4, -0.2) is 41.8 Å². The number of carbonyl (C=O) groups excluding carboxylic acids is 1. The van der Waals surface area contributed by atoms with Crippen LogP contribution in [0.25, 0.3) is 21.8 Å². The fourth-order valence-electron chi connectivity index (χ4n) is 4.03. The average molecular weight is 414 g/mol. The SMILES string of the molecule is O=C(Cn1c2ccccc2c(=O)c2ccccc21)Nc1ccc(N2CCOCC2)nc1. The lowest BCUT2D eigenvalue weighted by molar-refractivity contribution is -0.116. The molecule has 3 heterocycles. The minimum Gasteiger partial charge on any atom is -0.378 e. The molecule has 2 aromatic heterocycles. The number of carbonyl (C=O) groups is 1. The molecule has 7 nitrogen and oxygen atoms in total. The number of amides is 1. The molecule has 0 spiro atoms. The predicted octanol–water partition coefficient (Wildman–Crippen LogP) is 3.03. The van der Waals surface area contributed by atoms with Crippen LogP contribution in [-0.2, 0) is 16.1 Å². The van der Waals surface area contributed by atoms with Gasteiger partial charge < -0.3 is 19.5 Å². The lowest BCUT2D eigenvalue weighted by Crippen LogP contribution is -2.36. The van der Waals surface area contributed by atoms with Crippen LogP contribution in [0.4, 0.5) is 11.5 Å². The number of morpholine rings is 1. The molecule has 0 bridgehead atoms. The maximum atomic E-state index is 12.9. The van der Waals surface area contributed by atoms with Crippen molar-refractivity contribution in [3.05, 3.63) is 77.1 Å². The molecule has 2 aromatic carbocycles. The van der Waals surface area contributed by atoms with Gasteiger partial charge in [-0.05, 0) is 36.4 Å². The fraction of sp³-hybridized carbons (Fsp3) is 0.208. The lowest BCUT2D eigenvalue weighted by Gasteiger charge is -2.27. The molecule has 0 radical (unpaired) electrons. The molecule has 0 saturated carbocycles. The van der Waals surface area contributed by atoms with Gasteiger partial charge in [0.1, 0.15) is 12.4 Å². The number of fused-ring (bicyclic) bond motifs is 2. The lowest BCUT2D eigenvalue weighted by atomic mass is 10.1. The largest absolute Gasteiger partial charge is 0.378 e. The topological polar surface area (TPSA) is 76.5 Å². The van der Waals surface area contributed by atoms with Crippen LogP contribution in [0.3, 0.4) is 0 Å². The summed E-state index contributed by atoms with van der Waals surface area (Å²) in [5.74, 6) is 0.693. The van der Waals surface area contributed by atoms with Crippen molar-refractivity contribution < 1.29 is 9.53 Å². The Labute approximate surface area is 178 Å². The van der Waals surface area contributed by atoms with Gasteiger partial charge in [-0.1, -0.05) is 24.3 Å². The zero-order valence-electron chi connectivity index (χ0n) is 17.0. The first-order valence-corrected chi connectivity index (χ1v) is 10.3. The molecule has 1 N–H and O–H groups in total. The van der Waals surface area contributed by atoms with E-state index < -0.39 is 0 Å². The molecule has 7 heteroatoms. The Morgan fingerprint density at radius 3 is 2.19 bits per heavy atom. The summed E-state index contributed by atoms with van der Waals surface area (Å²) >= 11 is 0. The molecule has 1 fully saturated rings. The van der Waals surface area contributed by atoms with Crippen molar-refractivity contribution in [1.29, 1.82) is 0 Å². The number of nitrogens with one attached hydrogen (secondary N) is 1. The highest BCUT2D eigenvalue weighted by atomic mass is 16.5. The van der Waals surface area contributed by atoms with Gasteiger partial charge in [0.25, 0.3) is 0 Å². The van der Waals surface area contributed by atoms with Crippen LogP contribution in [0.1, 0.15) is 0 Å². The number of hydrogen-bond acceptors (Lipinski definition) is 5. The van der Waals surface area contributed by atoms with Gasteiger partial charge in [0, 0.05) is 23.9 Å². The molecule has 1 saturated heterocycles. The Hall–Kier alpha value is -3.71. The van der Waals surface area contributed by atoms with Gasteiger partial charge in [0.05, 0.1) is 36.1 Å². The minimum absolute atomic E-state index is 0.0224. The van der Waals surface area contributed by atoms with E-state index in [1.165, 1.54) is 0 Å².